The van der Waals surface area contributed by atoms with Crippen molar-refractivity contribution in [3.05, 3.63) is 0 Å². The number of likely N-dealkylation sites (N-methyl/N-ethyl adjacent to an activating group) is 1. The van der Waals surface area contributed by atoms with Crippen LogP contribution in [0.4, 0.5) is 0 Å². The van der Waals surface area contributed by atoms with Gasteiger partial charge in [-0.25, -0.2) is 0 Å². The highest BCUT2D eigenvalue weighted by Gasteiger charge is 2.33. The second kappa shape index (κ2) is 5.50. The van der Waals surface area contributed by atoms with Gasteiger partial charge in [-0.1, -0.05) is 20.8 Å². The normalized spacial score (nSPS) is 28.9. The molecule has 2 unspecified atom stereocenters. The van der Waals surface area contributed by atoms with Crippen LogP contribution in [0.1, 0.15) is 40.0 Å². The molecular formula is C14H28N2. The van der Waals surface area contributed by atoms with Gasteiger partial charge in [-0.15, -0.1) is 0 Å². The summed E-state index contributed by atoms with van der Waals surface area (Å²) in [6.45, 7) is 12.1. The lowest BCUT2D eigenvalue weighted by molar-refractivity contribution is 0.258. The molecule has 94 valence electrons. The number of hydrogen-bond acceptors (Lipinski definition) is 2. The van der Waals surface area contributed by atoms with Gasteiger partial charge in [0, 0.05) is 19.1 Å². The summed E-state index contributed by atoms with van der Waals surface area (Å²) in [5, 5.41) is 3.67. The first-order chi connectivity index (χ1) is 7.70. The molecule has 0 amide bonds. The Kier molecular flexibility index (Phi) is 4.26. The summed E-state index contributed by atoms with van der Waals surface area (Å²) in [5.41, 5.74) is 0. The molecule has 2 heteroatoms. The van der Waals surface area contributed by atoms with Crippen LogP contribution in [0, 0.1) is 17.8 Å². The fourth-order valence-electron chi connectivity index (χ4n) is 2.99. The van der Waals surface area contributed by atoms with Crippen molar-refractivity contribution < 1.29 is 0 Å². The van der Waals surface area contributed by atoms with Gasteiger partial charge in [0.15, 0.2) is 0 Å². The second-order valence-corrected chi connectivity index (χ2v) is 6.05. The molecule has 2 atom stereocenters. The summed E-state index contributed by atoms with van der Waals surface area (Å²) >= 11 is 0. The lowest BCUT2D eigenvalue weighted by Gasteiger charge is -2.25. The van der Waals surface area contributed by atoms with Crippen molar-refractivity contribution in [3.8, 4) is 0 Å². The van der Waals surface area contributed by atoms with E-state index in [1.165, 1.54) is 38.9 Å². The Hall–Kier alpha value is -0.0800. The van der Waals surface area contributed by atoms with E-state index in [0.717, 1.165) is 30.3 Å². The average Bonchev–Trinajstić information content (AvgIpc) is 2.98. The third-order valence-electron chi connectivity index (χ3n) is 4.36. The highest BCUT2D eigenvalue weighted by atomic mass is 15.2. The molecule has 2 rings (SSSR count). The zero-order valence-corrected chi connectivity index (χ0v) is 11.2. The number of nitrogens with zero attached hydrogens (tertiary/aromatic N) is 1. The van der Waals surface area contributed by atoms with Gasteiger partial charge in [-0.2, -0.15) is 0 Å². The molecule has 0 aromatic carbocycles. The van der Waals surface area contributed by atoms with Crippen molar-refractivity contribution in [3.63, 3.8) is 0 Å². The van der Waals surface area contributed by atoms with Gasteiger partial charge in [-0.3, -0.25) is 0 Å². The highest BCUT2D eigenvalue weighted by Crippen LogP contribution is 2.34. The van der Waals surface area contributed by atoms with Crippen molar-refractivity contribution >= 4 is 0 Å². The molecule has 2 nitrogen and oxygen atoms in total. The summed E-state index contributed by atoms with van der Waals surface area (Å²) in [6.07, 6.45) is 4.33. The third kappa shape index (κ3) is 3.21. The van der Waals surface area contributed by atoms with E-state index in [0.29, 0.717) is 0 Å². The van der Waals surface area contributed by atoms with Crippen molar-refractivity contribution in [2.75, 3.05) is 26.2 Å². The average molecular weight is 224 g/mol. The summed E-state index contributed by atoms with van der Waals surface area (Å²) in [5.74, 6) is 2.79. The third-order valence-corrected chi connectivity index (χ3v) is 4.36. The maximum Gasteiger partial charge on any atom is 0.0223 e. The Labute approximate surface area is 101 Å². The molecule has 1 saturated carbocycles. The zero-order valence-electron chi connectivity index (χ0n) is 11.2. The van der Waals surface area contributed by atoms with Gasteiger partial charge in [0.1, 0.15) is 0 Å². The van der Waals surface area contributed by atoms with Crippen LogP contribution >= 0.6 is 0 Å². The summed E-state index contributed by atoms with van der Waals surface area (Å²) in [4.78, 5) is 2.69. The minimum Gasteiger partial charge on any atom is -0.313 e. The first-order valence-corrected chi connectivity index (χ1v) is 7.16. The molecule has 1 heterocycles. The minimum atomic E-state index is 0.774. The Morgan fingerprint density at radius 3 is 2.44 bits per heavy atom. The van der Waals surface area contributed by atoms with Crippen LogP contribution in [-0.2, 0) is 0 Å². The minimum absolute atomic E-state index is 0.774. The van der Waals surface area contributed by atoms with Crippen molar-refractivity contribution in [2.45, 2.75) is 46.1 Å². The van der Waals surface area contributed by atoms with Crippen LogP contribution in [0.5, 0.6) is 0 Å². The Balaban J connectivity index is 1.76. The molecule has 0 spiro atoms. The predicted molar refractivity (Wildman–Crippen MR) is 69.6 cm³/mol. The van der Waals surface area contributed by atoms with Gasteiger partial charge >= 0.3 is 0 Å². The van der Waals surface area contributed by atoms with Crippen LogP contribution in [0.3, 0.4) is 0 Å². The number of rotatable bonds is 6. The van der Waals surface area contributed by atoms with E-state index in [4.69, 9.17) is 0 Å². The zero-order chi connectivity index (χ0) is 11.5. The van der Waals surface area contributed by atoms with Crippen LogP contribution in [0.2, 0.25) is 0 Å². The topological polar surface area (TPSA) is 15.3 Å². The van der Waals surface area contributed by atoms with Crippen LogP contribution in [-0.4, -0.2) is 37.1 Å². The number of hydrogen-bond donors (Lipinski definition) is 1. The van der Waals surface area contributed by atoms with Crippen molar-refractivity contribution in [2.24, 2.45) is 17.8 Å². The molecule has 1 N–H and O–H groups in total. The first kappa shape index (κ1) is 12.4. The molecule has 16 heavy (non-hydrogen) atoms. The van der Waals surface area contributed by atoms with Gasteiger partial charge in [0.2, 0.25) is 0 Å². The summed E-state index contributed by atoms with van der Waals surface area (Å²) < 4.78 is 0. The monoisotopic (exact) mass is 224 g/mol. The lowest BCUT2D eigenvalue weighted by Crippen LogP contribution is -2.41. The smallest absolute Gasteiger partial charge is 0.0223 e. The fraction of sp³-hybridized carbons (Fsp3) is 1.00. The largest absolute Gasteiger partial charge is 0.313 e. The molecule has 0 aromatic rings. The number of nitrogens with one attached hydrogen (secondary N) is 1. The van der Waals surface area contributed by atoms with E-state index < -0.39 is 0 Å². The van der Waals surface area contributed by atoms with Gasteiger partial charge in [-0.05, 0) is 50.1 Å². The molecule has 0 radical (unpaired) electrons. The van der Waals surface area contributed by atoms with Crippen LogP contribution in [0.15, 0.2) is 0 Å². The van der Waals surface area contributed by atoms with Crippen molar-refractivity contribution in [1.29, 1.82) is 0 Å². The Morgan fingerprint density at radius 1 is 1.19 bits per heavy atom. The molecule has 1 aliphatic carbocycles. The Bertz CT molecular complexity index is 211. The fourth-order valence-corrected chi connectivity index (χ4v) is 2.99. The molecule has 1 aliphatic heterocycles. The predicted octanol–water partition coefficient (Wildman–Crippen LogP) is 2.35. The van der Waals surface area contributed by atoms with Gasteiger partial charge in [0.05, 0.1) is 0 Å². The molecular weight excluding hydrogens is 196 g/mol. The van der Waals surface area contributed by atoms with Gasteiger partial charge in [0.25, 0.3) is 0 Å². The highest BCUT2D eigenvalue weighted by molar-refractivity contribution is 4.90. The standard InChI is InChI=1S/C14H28N2/c1-4-15-14(12-5-6-12)10-16-8-7-13(9-16)11(2)3/h11-15H,4-10H2,1-3H3. The SMILES string of the molecule is CCNC(CN1CCC(C(C)C)C1)C1CC1. The second-order valence-electron chi connectivity index (χ2n) is 6.05. The van der Waals surface area contributed by atoms with Crippen molar-refractivity contribution in [1.82, 2.24) is 10.2 Å². The van der Waals surface area contributed by atoms with E-state index in [2.05, 4.69) is 31.0 Å². The Morgan fingerprint density at radius 2 is 1.94 bits per heavy atom. The lowest BCUT2D eigenvalue weighted by atomic mass is 9.95. The molecule has 2 aliphatic rings. The molecule has 0 bridgehead atoms. The van der Waals surface area contributed by atoms with E-state index in [1.54, 1.807) is 0 Å². The van der Waals surface area contributed by atoms with Crippen LogP contribution < -0.4 is 5.32 Å². The number of likely N-dealkylation sites (tertiary alicyclic amines) is 1. The maximum atomic E-state index is 3.67. The van der Waals surface area contributed by atoms with Gasteiger partial charge < -0.3 is 10.2 Å². The molecule has 2 fully saturated rings. The molecule has 0 aromatic heterocycles. The maximum absolute atomic E-state index is 3.67. The quantitative estimate of drug-likeness (QED) is 0.745. The first-order valence-electron chi connectivity index (χ1n) is 7.16. The van der Waals surface area contributed by atoms with E-state index in [9.17, 15) is 0 Å². The summed E-state index contributed by atoms with van der Waals surface area (Å²) in [6, 6.07) is 0.774. The van der Waals surface area contributed by atoms with E-state index in [-0.39, 0.29) is 0 Å². The van der Waals surface area contributed by atoms with Crippen LogP contribution in [0.25, 0.3) is 0 Å². The van der Waals surface area contributed by atoms with E-state index in [1.807, 2.05) is 0 Å². The van der Waals surface area contributed by atoms with E-state index >= 15 is 0 Å². The molecule has 1 saturated heterocycles. The summed E-state index contributed by atoms with van der Waals surface area (Å²) in [7, 11) is 0.